The Balaban J connectivity index is 1.14. The van der Waals surface area contributed by atoms with Crippen molar-refractivity contribution in [2.75, 3.05) is 38.7 Å². The largest absolute Gasteiger partial charge is 0.464 e. The van der Waals surface area contributed by atoms with Crippen LogP contribution in [0.1, 0.15) is 47.1 Å². The van der Waals surface area contributed by atoms with Crippen LogP contribution in [-0.4, -0.2) is 58.8 Å². The van der Waals surface area contributed by atoms with E-state index in [1.807, 2.05) is 28.8 Å². The van der Waals surface area contributed by atoms with Crippen molar-refractivity contribution in [1.82, 2.24) is 19.4 Å². The molecule has 0 amide bonds. The molecule has 1 saturated carbocycles. The van der Waals surface area contributed by atoms with Crippen LogP contribution in [0.4, 0.5) is 11.6 Å². The maximum atomic E-state index is 12.5. The summed E-state index contributed by atoms with van der Waals surface area (Å²) in [5, 5.41) is 6.29. The predicted molar refractivity (Wildman–Crippen MR) is 160 cm³/mol. The van der Waals surface area contributed by atoms with Gasteiger partial charge in [0, 0.05) is 53.4 Å². The zero-order valence-corrected chi connectivity index (χ0v) is 23.7. The van der Waals surface area contributed by atoms with Gasteiger partial charge in [-0.25, -0.2) is 9.78 Å². The van der Waals surface area contributed by atoms with E-state index >= 15 is 0 Å². The number of fused-ring (bicyclic) bond motifs is 2. The van der Waals surface area contributed by atoms with Gasteiger partial charge in [-0.2, -0.15) is 4.98 Å². The fourth-order valence-corrected chi connectivity index (χ4v) is 6.83. The number of hydrogen-bond acceptors (Lipinski definition) is 9. The number of allylic oxidation sites excluding steroid dienone is 2. The first kappa shape index (κ1) is 25.8. The van der Waals surface area contributed by atoms with Crippen molar-refractivity contribution in [1.29, 1.82) is 0 Å². The molecule has 1 N–H and O–H groups in total. The molecule has 0 unspecified atom stereocenters. The minimum Gasteiger partial charge on any atom is -0.464 e. The van der Waals surface area contributed by atoms with E-state index < -0.39 is 0 Å². The fraction of sp³-hybridized carbons (Fsp3) is 0.323. The summed E-state index contributed by atoms with van der Waals surface area (Å²) >= 11 is 1.65. The van der Waals surface area contributed by atoms with E-state index in [4.69, 9.17) is 19.2 Å². The zero-order valence-electron chi connectivity index (χ0n) is 22.9. The molecular formula is C31H31N5O4S. The number of nitrogens with zero attached hydrogens (tertiary/aromatic N) is 4. The van der Waals surface area contributed by atoms with Crippen molar-refractivity contribution in [3.8, 4) is 16.9 Å². The average molecular weight is 570 g/mol. The number of carbonyl (C=O) groups excluding carboxylic acids is 1. The molecule has 3 aliphatic rings. The number of rotatable bonds is 6. The summed E-state index contributed by atoms with van der Waals surface area (Å²) in [4.78, 5) is 25.2. The number of hydrogen-bond donors (Lipinski definition) is 1. The lowest BCUT2D eigenvalue weighted by molar-refractivity contribution is 0.0348. The molecule has 0 bridgehead atoms. The van der Waals surface area contributed by atoms with Gasteiger partial charge in [0.15, 0.2) is 11.6 Å². The number of thiophene rings is 1. The number of carbonyl (C=O) groups is 1. The van der Waals surface area contributed by atoms with Gasteiger partial charge in [0.25, 0.3) is 0 Å². The first-order chi connectivity index (χ1) is 20.1. The van der Waals surface area contributed by atoms with E-state index in [1.165, 1.54) is 7.11 Å². The minimum atomic E-state index is -0.351. The van der Waals surface area contributed by atoms with E-state index in [0.29, 0.717) is 24.9 Å². The summed E-state index contributed by atoms with van der Waals surface area (Å²) in [7, 11) is 1.41. The standard InChI is InChI=1S/C31H31N5O4S/c1-19-15-26(35-11-13-39-14-12-35)40-27-24(18-41-28(19)27)20-7-9-22(10-8-20)33-31-32-17-21-16-25(30(37)38-2)36(29(21)34-31)23-5-3-4-6-23/h7-10,15-18,23H,1,3-6,11-14H2,2H3,(H,32,33,34). The quantitative estimate of drug-likeness (QED) is 0.268. The number of methoxy groups -OCH3 is 1. The molecule has 0 radical (unpaired) electrons. The molecule has 9 nitrogen and oxygen atoms in total. The van der Waals surface area contributed by atoms with Crippen molar-refractivity contribution < 1.29 is 19.0 Å². The Hall–Kier alpha value is -4.15. The van der Waals surface area contributed by atoms with Crippen molar-refractivity contribution in [2.45, 2.75) is 31.7 Å². The second-order valence-corrected chi connectivity index (χ2v) is 11.4. The molecular weight excluding hydrogens is 538 g/mol. The first-order valence-electron chi connectivity index (χ1n) is 14.0. The summed E-state index contributed by atoms with van der Waals surface area (Å²) in [5.41, 5.74) is 5.20. The molecule has 210 valence electrons. The molecule has 10 heteroatoms. The van der Waals surface area contributed by atoms with Crippen LogP contribution in [0.3, 0.4) is 0 Å². The molecule has 4 aromatic rings. The van der Waals surface area contributed by atoms with Gasteiger partial charge in [-0.15, -0.1) is 11.3 Å². The predicted octanol–water partition coefficient (Wildman–Crippen LogP) is 6.38. The molecule has 5 heterocycles. The van der Waals surface area contributed by atoms with Crippen LogP contribution in [0.25, 0.3) is 27.7 Å². The second-order valence-electron chi connectivity index (χ2n) is 10.5. The Bertz CT molecular complexity index is 1660. The van der Waals surface area contributed by atoms with Gasteiger partial charge < -0.3 is 29.0 Å². The van der Waals surface area contributed by atoms with Crippen LogP contribution in [0.2, 0.25) is 0 Å². The molecule has 2 fully saturated rings. The Kier molecular flexibility index (Phi) is 6.72. The monoisotopic (exact) mass is 569 g/mol. The maximum absolute atomic E-state index is 12.5. The van der Waals surface area contributed by atoms with Gasteiger partial charge in [-0.3, -0.25) is 0 Å². The third-order valence-corrected chi connectivity index (χ3v) is 9.01. The highest BCUT2D eigenvalue weighted by molar-refractivity contribution is 7.12. The number of benzene rings is 1. The normalized spacial score (nSPS) is 17.3. The van der Waals surface area contributed by atoms with Crippen molar-refractivity contribution in [2.24, 2.45) is 0 Å². The van der Waals surface area contributed by atoms with Gasteiger partial charge in [0.1, 0.15) is 11.3 Å². The summed E-state index contributed by atoms with van der Waals surface area (Å²) in [5.74, 6) is 1.81. The lowest BCUT2D eigenvalue weighted by Gasteiger charge is -2.32. The number of esters is 1. The van der Waals surface area contributed by atoms with Crippen molar-refractivity contribution >= 4 is 45.5 Å². The van der Waals surface area contributed by atoms with Gasteiger partial charge in [0.2, 0.25) is 5.95 Å². The Morgan fingerprint density at radius 3 is 2.71 bits per heavy atom. The number of anilines is 2. The SMILES string of the molecule is C=C1C=C(N2CCOCC2)Oc2c(-c3ccc(Nc4ncc5cc(C(=O)OC)n(C6CCCC6)c5n4)cc3)csc21. The van der Waals surface area contributed by atoms with Crippen LogP contribution >= 0.6 is 11.3 Å². The molecule has 3 aromatic heterocycles. The van der Waals surface area contributed by atoms with E-state index in [1.54, 1.807) is 17.5 Å². The van der Waals surface area contributed by atoms with Crippen LogP contribution in [0, 0.1) is 0 Å². The van der Waals surface area contributed by atoms with Crippen LogP contribution in [-0.2, 0) is 9.47 Å². The molecule has 41 heavy (non-hydrogen) atoms. The smallest absolute Gasteiger partial charge is 0.354 e. The van der Waals surface area contributed by atoms with E-state index in [-0.39, 0.29) is 12.0 Å². The van der Waals surface area contributed by atoms with Gasteiger partial charge in [-0.1, -0.05) is 31.6 Å². The molecule has 1 aromatic carbocycles. The third-order valence-electron chi connectivity index (χ3n) is 7.98. The number of nitrogens with one attached hydrogen (secondary N) is 1. The van der Waals surface area contributed by atoms with Crippen molar-refractivity contribution in [3.63, 3.8) is 0 Å². The highest BCUT2D eigenvalue weighted by atomic mass is 32.1. The van der Waals surface area contributed by atoms with E-state index in [9.17, 15) is 4.79 Å². The van der Waals surface area contributed by atoms with Gasteiger partial charge in [-0.05, 0) is 42.2 Å². The second kappa shape index (κ2) is 10.7. The summed E-state index contributed by atoms with van der Waals surface area (Å²) in [6, 6.07) is 10.2. The Labute approximate surface area is 242 Å². The van der Waals surface area contributed by atoms with Crippen LogP contribution < -0.4 is 10.1 Å². The Morgan fingerprint density at radius 1 is 1.17 bits per heavy atom. The topological polar surface area (TPSA) is 90.7 Å². The highest BCUT2D eigenvalue weighted by Gasteiger charge is 2.27. The molecule has 0 atom stereocenters. The Morgan fingerprint density at radius 2 is 1.95 bits per heavy atom. The summed E-state index contributed by atoms with van der Waals surface area (Å²) < 4.78 is 19.0. The zero-order chi connectivity index (χ0) is 27.9. The number of morpholine rings is 1. The van der Waals surface area contributed by atoms with Crippen LogP contribution in [0.5, 0.6) is 5.75 Å². The van der Waals surface area contributed by atoms with E-state index in [2.05, 4.69) is 39.3 Å². The summed E-state index contributed by atoms with van der Waals surface area (Å²) in [6.07, 6.45) is 8.12. The third kappa shape index (κ3) is 4.76. The van der Waals surface area contributed by atoms with Crippen LogP contribution in [0.15, 0.2) is 60.4 Å². The summed E-state index contributed by atoms with van der Waals surface area (Å²) in [6.45, 7) is 7.28. The number of ether oxygens (including phenoxy) is 3. The van der Waals surface area contributed by atoms with Gasteiger partial charge >= 0.3 is 5.97 Å². The van der Waals surface area contributed by atoms with Crippen molar-refractivity contribution in [3.05, 3.63) is 71.0 Å². The average Bonchev–Trinajstić information content (AvgIpc) is 3.76. The maximum Gasteiger partial charge on any atom is 0.354 e. The fourth-order valence-electron chi connectivity index (χ4n) is 5.88. The molecule has 1 aliphatic carbocycles. The molecule has 2 aliphatic heterocycles. The molecule has 0 spiro atoms. The van der Waals surface area contributed by atoms with Gasteiger partial charge in [0.05, 0.1) is 25.2 Å². The van der Waals surface area contributed by atoms with E-state index in [0.717, 1.165) is 88.7 Å². The number of aromatic nitrogens is 3. The lowest BCUT2D eigenvalue weighted by atomic mass is 10.0. The minimum absolute atomic E-state index is 0.233. The molecule has 1 saturated heterocycles. The first-order valence-corrected chi connectivity index (χ1v) is 14.8. The lowest BCUT2D eigenvalue weighted by Crippen LogP contribution is -2.37. The molecule has 7 rings (SSSR count). The highest BCUT2D eigenvalue weighted by Crippen LogP contribution is 2.46.